The van der Waals surface area contributed by atoms with Crippen molar-refractivity contribution in [2.45, 2.75) is 25.4 Å². The minimum atomic E-state index is 0.225. The molecule has 3 heteroatoms. The molecule has 3 nitrogen and oxygen atoms in total. The summed E-state index contributed by atoms with van der Waals surface area (Å²) in [5.74, 6) is 1.95. The van der Waals surface area contributed by atoms with Crippen molar-refractivity contribution in [1.82, 2.24) is 10.2 Å². The molecule has 1 N–H and O–H groups in total. The predicted octanol–water partition coefficient (Wildman–Crippen LogP) is 3.57. The average molecular weight is 294 g/mol. The first-order chi connectivity index (χ1) is 10.8. The first kappa shape index (κ1) is 13.8. The molecule has 22 heavy (non-hydrogen) atoms. The fraction of sp³-hybridized carbons (Fsp3) is 0.368. The molecule has 2 aliphatic heterocycles. The second-order valence-corrected chi connectivity index (χ2v) is 6.16. The number of nitrogens with zero attached hydrogens (tertiary/aromatic N) is 1. The Bertz CT molecular complexity index is 624. The van der Waals surface area contributed by atoms with Crippen molar-refractivity contribution in [3.63, 3.8) is 0 Å². The van der Waals surface area contributed by atoms with Crippen LogP contribution < -0.4 is 10.1 Å². The van der Waals surface area contributed by atoms with Crippen LogP contribution in [0.1, 0.15) is 30.5 Å². The van der Waals surface area contributed by atoms with E-state index in [0.29, 0.717) is 6.04 Å². The van der Waals surface area contributed by atoms with Crippen LogP contribution in [0.4, 0.5) is 0 Å². The number of hydrogen-bond donors (Lipinski definition) is 1. The van der Waals surface area contributed by atoms with Crippen molar-refractivity contribution in [2.75, 3.05) is 19.6 Å². The summed E-state index contributed by atoms with van der Waals surface area (Å²) in [4.78, 5) is 2.51. The van der Waals surface area contributed by atoms with Crippen LogP contribution in [0.5, 0.6) is 11.5 Å². The van der Waals surface area contributed by atoms with E-state index in [1.165, 1.54) is 24.1 Å². The van der Waals surface area contributed by atoms with E-state index in [2.05, 4.69) is 53.5 Å². The fourth-order valence-electron chi connectivity index (χ4n) is 3.58. The van der Waals surface area contributed by atoms with Gasteiger partial charge in [0.25, 0.3) is 0 Å². The van der Waals surface area contributed by atoms with Gasteiger partial charge in [-0.3, -0.25) is 0 Å². The number of nitrogens with one attached hydrogen (secondary N) is 1. The standard InChI is InChI=1S/C19H22N2O/c1-2-21-12-11-14(13-21)20-19-15-7-3-5-9-17(15)22-18-10-6-4-8-16(18)19/h3-10,14,19-20H,2,11-13H2,1H3. The lowest BCUT2D eigenvalue weighted by atomic mass is 9.94. The molecule has 0 spiro atoms. The second kappa shape index (κ2) is 5.75. The quantitative estimate of drug-likeness (QED) is 0.936. The molecular formula is C19H22N2O. The maximum atomic E-state index is 6.06. The highest BCUT2D eigenvalue weighted by atomic mass is 16.5. The zero-order chi connectivity index (χ0) is 14.9. The Morgan fingerprint density at radius 2 is 1.68 bits per heavy atom. The van der Waals surface area contributed by atoms with Gasteiger partial charge in [0.15, 0.2) is 0 Å². The molecule has 0 aromatic heterocycles. The summed E-state index contributed by atoms with van der Waals surface area (Å²) in [7, 11) is 0. The van der Waals surface area contributed by atoms with Crippen LogP contribution in [0.3, 0.4) is 0 Å². The Morgan fingerprint density at radius 3 is 2.27 bits per heavy atom. The van der Waals surface area contributed by atoms with Crippen molar-refractivity contribution < 1.29 is 4.74 Å². The van der Waals surface area contributed by atoms with Gasteiger partial charge in [0.2, 0.25) is 0 Å². The van der Waals surface area contributed by atoms with Crippen molar-refractivity contribution >= 4 is 0 Å². The minimum absolute atomic E-state index is 0.225. The van der Waals surface area contributed by atoms with Crippen molar-refractivity contribution in [3.05, 3.63) is 59.7 Å². The predicted molar refractivity (Wildman–Crippen MR) is 88.5 cm³/mol. The summed E-state index contributed by atoms with van der Waals surface area (Å²) in [6.45, 7) is 5.71. The molecule has 0 radical (unpaired) electrons. The Hall–Kier alpha value is -1.84. The zero-order valence-corrected chi connectivity index (χ0v) is 13.0. The van der Waals surface area contributed by atoms with E-state index in [4.69, 9.17) is 4.74 Å². The molecule has 1 fully saturated rings. The number of rotatable bonds is 3. The number of likely N-dealkylation sites (tertiary alicyclic amines) is 1. The van der Waals surface area contributed by atoms with Crippen LogP contribution in [0, 0.1) is 0 Å². The lowest BCUT2D eigenvalue weighted by Crippen LogP contribution is -2.37. The Morgan fingerprint density at radius 1 is 1.05 bits per heavy atom. The van der Waals surface area contributed by atoms with E-state index >= 15 is 0 Å². The van der Waals surface area contributed by atoms with E-state index in [9.17, 15) is 0 Å². The van der Waals surface area contributed by atoms with Gasteiger partial charge in [-0.2, -0.15) is 0 Å². The molecule has 0 bridgehead atoms. The summed E-state index contributed by atoms with van der Waals surface area (Å²) in [5, 5.41) is 3.87. The van der Waals surface area contributed by atoms with Crippen LogP contribution in [-0.2, 0) is 0 Å². The van der Waals surface area contributed by atoms with Crippen molar-refractivity contribution in [2.24, 2.45) is 0 Å². The molecule has 2 aromatic rings. The molecule has 114 valence electrons. The lowest BCUT2D eigenvalue weighted by molar-refractivity contribution is 0.338. The van der Waals surface area contributed by atoms with Crippen LogP contribution in [-0.4, -0.2) is 30.6 Å². The summed E-state index contributed by atoms with van der Waals surface area (Å²) < 4.78 is 6.06. The first-order valence-corrected chi connectivity index (χ1v) is 8.19. The van der Waals surface area contributed by atoms with Crippen molar-refractivity contribution in [3.8, 4) is 11.5 Å². The maximum Gasteiger partial charge on any atom is 0.132 e. The third kappa shape index (κ3) is 2.40. The van der Waals surface area contributed by atoms with Gasteiger partial charge in [0, 0.05) is 23.7 Å². The van der Waals surface area contributed by atoms with Gasteiger partial charge in [-0.05, 0) is 31.6 Å². The number of fused-ring (bicyclic) bond motifs is 2. The number of hydrogen-bond acceptors (Lipinski definition) is 3. The van der Waals surface area contributed by atoms with Crippen LogP contribution >= 0.6 is 0 Å². The third-order valence-electron chi connectivity index (χ3n) is 4.80. The van der Waals surface area contributed by atoms with Gasteiger partial charge in [0.1, 0.15) is 11.5 Å². The average Bonchev–Trinajstić information content (AvgIpc) is 3.02. The number of ether oxygens (including phenoxy) is 1. The van der Waals surface area contributed by atoms with Crippen LogP contribution in [0.25, 0.3) is 0 Å². The molecule has 1 atom stereocenters. The number of para-hydroxylation sites is 2. The molecule has 2 heterocycles. The number of benzene rings is 2. The third-order valence-corrected chi connectivity index (χ3v) is 4.80. The van der Waals surface area contributed by atoms with Gasteiger partial charge in [-0.15, -0.1) is 0 Å². The Labute approximate surface area is 131 Å². The van der Waals surface area contributed by atoms with Gasteiger partial charge < -0.3 is 15.0 Å². The maximum absolute atomic E-state index is 6.06. The molecule has 4 rings (SSSR count). The van der Waals surface area contributed by atoms with Gasteiger partial charge in [-0.1, -0.05) is 43.3 Å². The monoisotopic (exact) mass is 294 g/mol. The molecular weight excluding hydrogens is 272 g/mol. The number of likely N-dealkylation sites (N-methyl/N-ethyl adjacent to an activating group) is 1. The van der Waals surface area contributed by atoms with Gasteiger partial charge >= 0.3 is 0 Å². The highest BCUT2D eigenvalue weighted by Crippen LogP contribution is 2.42. The largest absolute Gasteiger partial charge is 0.457 e. The molecule has 2 aromatic carbocycles. The highest BCUT2D eigenvalue weighted by Gasteiger charge is 2.30. The molecule has 0 aliphatic carbocycles. The summed E-state index contributed by atoms with van der Waals surface area (Å²) in [6, 6.07) is 17.5. The van der Waals surface area contributed by atoms with Crippen LogP contribution in [0.15, 0.2) is 48.5 Å². The molecule has 0 amide bonds. The van der Waals surface area contributed by atoms with E-state index in [0.717, 1.165) is 24.6 Å². The fourth-order valence-corrected chi connectivity index (χ4v) is 3.58. The van der Waals surface area contributed by atoms with Gasteiger partial charge in [-0.25, -0.2) is 0 Å². The second-order valence-electron chi connectivity index (χ2n) is 6.16. The van der Waals surface area contributed by atoms with Crippen molar-refractivity contribution in [1.29, 1.82) is 0 Å². The summed E-state index contributed by atoms with van der Waals surface area (Å²) in [5.41, 5.74) is 2.49. The molecule has 2 aliphatic rings. The Kier molecular flexibility index (Phi) is 3.60. The lowest BCUT2D eigenvalue weighted by Gasteiger charge is -2.31. The molecule has 0 saturated carbocycles. The molecule has 1 unspecified atom stereocenters. The van der Waals surface area contributed by atoms with E-state index in [1.807, 2.05) is 12.1 Å². The van der Waals surface area contributed by atoms with Gasteiger partial charge in [0.05, 0.1) is 6.04 Å². The topological polar surface area (TPSA) is 24.5 Å². The minimum Gasteiger partial charge on any atom is -0.457 e. The summed E-state index contributed by atoms with van der Waals surface area (Å²) >= 11 is 0. The normalized spacial score (nSPS) is 21.2. The summed E-state index contributed by atoms with van der Waals surface area (Å²) in [6.07, 6.45) is 1.22. The SMILES string of the molecule is CCN1CCC(NC2c3ccccc3Oc3ccccc32)C1. The first-order valence-electron chi connectivity index (χ1n) is 8.19. The van der Waals surface area contributed by atoms with Crippen LogP contribution in [0.2, 0.25) is 0 Å². The van der Waals surface area contributed by atoms with E-state index in [1.54, 1.807) is 0 Å². The van der Waals surface area contributed by atoms with E-state index in [-0.39, 0.29) is 6.04 Å². The highest BCUT2D eigenvalue weighted by molar-refractivity contribution is 5.52. The Balaban J connectivity index is 1.66. The zero-order valence-electron chi connectivity index (χ0n) is 13.0. The molecule has 1 saturated heterocycles. The van der Waals surface area contributed by atoms with E-state index < -0.39 is 0 Å². The smallest absolute Gasteiger partial charge is 0.132 e.